The number of nitrogens with zero attached hydrogens (tertiary/aromatic N) is 2. The largest absolute Gasteiger partial charge is 0.489 e. The van der Waals surface area contributed by atoms with Gasteiger partial charge in [0.05, 0.1) is 13.4 Å². The summed E-state index contributed by atoms with van der Waals surface area (Å²) in [4.78, 5) is 15.5. The third-order valence-electron chi connectivity index (χ3n) is 1.72. The molecule has 0 saturated carbocycles. The second kappa shape index (κ2) is 4.46. The summed E-state index contributed by atoms with van der Waals surface area (Å²) in [6.07, 6.45) is 1.44. The van der Waals surface area contributed by atoms with Crippen molar-refractivity contribution in [3.63, 3.8) is 0 Å². The average Bonchev–Trinajstić information content (AvgIpc) is 2.10. The number of hydrogen-bond donors (Lipinski definition) is 0. The lowest BCUT2D eigenvalue weighted by molar-refractivity contribution is 0.394. The fourth-order valence-corrected chi connectivity index (χ4v) is 1.35. The minimum Gasteiger partial charge on any atom is -0.489 e. The number of methoxy groups -OCH3 is 1. The zero-order chi connectivity index (χ0) is 10.7. The van der Waals surface area contributed by atoms with Gasteiger partial charge < -0.3 is 4.74 Å². The second-order valence-electron chi connectivity index (χ2n) is 3.42. The van der Waals surface area contributed by atoms with Gasteiger partial charge in [0, 0.05) is 6.54 Å². The van der Waals surface area contributed by atoms with Crippen LogP contribution in [0.25, 0.3) is 0 Å². The number of hydrogen-bond acceptors (Lipinski definition) is 3. The Morgan fingerprint density at radius 2 is 2.29 bits per heavy atom. The molecular formula is C9H13ClN2O2. The Bertz CT molecular complexity index is 374. The van der Waals surface area contributed by atoms with Crippen LogP contribution in [-0.2, 0) is 6.54 Å². The van der Waals surface area contributed by atoms with Crippen LogP contribution in [0.5, 0.6) is 5.75 Å². The number of ether oxygens (including phenoxy) is 1. The molecule has 78 valence electrons. The maximum absolute atomic E-state index is 11.7. The number of halogens is 1. The third kappa shape index (κ3) is 2.26. The molecule has 0 bridgehead atoms. The number of aromatic nitrogens is 2. The minimum absolute atomic E-state index is 0.106. The maximum Gasteiger partial charge on any atom is 0.297 e. The molecule has 0 atom stereocenters. The summed E-state index contributed by atoms with van der Waals surface area (Å²) >= 11 is 5.69. The highest BCUT2D eigenvalue weighted by molar-refractivity contribution is 6.30. The first kappa shape index (κ1) is 11.0. The molecule has 5 heteroatoms. The molecule has 0 radical (unpaired) electrons. The van der Waals surface area contributed by atoms with E-state index in [0.29, 0.717) is 12.5 Å². The summed E-state index contributed by atoms with van der Waals surface area (Å²) < 4.78 is 6.37. The summed E-state index contributed by atoms with van der Waals surface area (Å²) in [6.45, 7) is 4.65. The van der Waals surface area contributed by atoms with Crippen LogP contribution in [0.2, 0.25) is 5.15 Å². The van der Waals surface area contributed by atoms with Gasteiger partial charge in [0.2, 0.25) is 5.75 Å². The summed E-state index contributed by atoms with van der Waals surface area (Å²) in [6, 6.07) is 0. The van der Waals surface area contributed by atoms with Crippen LogP contribution in [-0.4, -0.2) is 16.7 Å². The first-order chi connectivity index (χ1) is 6.56. The molecule has 0 amide bonds. The van der Waals surface area contributed by atoms with Crippen molar-refractivity contribution in [3.8, 4) is 5.75 Å². The quantitative estimate of drug-likeness (QED) is 0.721. The predicted molar refractivity (Wildman–Crippen MR) is 54.9 cm³/mol. The highest BCUT2D eigenvalue weighted by Gasteiger charge is 2.10. The van der Waals surface area contributed by atoms with Crippen LogP contribution in [0.3, 0.4) is 0 Å². The van der Waals surface area contributed by atoms with Crippen LogP contribution in [0.15, 0.2) is 11.1 Å². The molecule has 1 rings (SSSR count). The van der Waals surface area contributed by atoms with E-state index in [1.54, 1.807) is 0 Å². The normalized spacial score (nSPS) is 10.6. The highest BCUT2D eigenvalue weighted by atomic mass is 35.5. The summed E-state index contributed by atoms with van der Waals surface area (Å²) in [5.41, 5.74) is -0.235. The molecule has 1 aromatic heterocycles. The van der Waals surface area contributed by atoms with Gasteiger partial charge in [-0.1, -0.05) is 25.4 Å². The molecule has 0 aliphatic rings. The highest BCUT2D eigenvalue weighted by Crippen LogP contribution is 2.14. The summed E-state index contributed by atoms with van der Waals surface area (Å²) in [7, 11) is 1.41. The Kier molecular flexibility index (Phi) is 3.52. The molecule has 1 heterocycles. The van der Waals surface area contributed by atoms with E-state index in [2.05, 4.69) is 4.98 Å². The van der Waals surface area contributed by atoms with E-state index in [1.807, 2.05) is 13.8 Å². The maximum atomic E-state index is 11.7. The average molecular weight is 217 g/mol. The first-order valence-corrected chi connectivity index (χ1v) is 4.73. The van der Waals surface area contributed by atoms with Crippen LogP contribution >= 0.6 is 11.6 Å². The van der Waals surface area contributed by atoms with E-state index >= 15 is 0 Å². The topological polar surface area (TPSA) is 44.1 Å². The Morgan fingerprint density at radius 3 is 2.79 bits per heavy atom. The molecule has 0 spiro atoms. The number of rotatable bonds is 3. The van der Waals surface area contributed by atoms with Gasteiger partial charge >= 0.3 is 0 Å². The zero-order valence-electron chi connectivity index (χ0n) is 8.45. The molecule has 0 N–H and O–H groups in total. The molecule has 0 saturated heterocycles. The van der Waals surface area contributed by atoms with Crippen molar-refractivity contribution in [1.29, 1.82) is 0 Å². The van der Waals surface area contributed by atoms with Gasteiger partial charge in [-0.3, -0.25) is 9.36 Å². The lowest BCUT2D eigenvalue weighted by Gasteiger charge is -2.09. The Morgan fingerprint density at radius 1 is 1.64 bits per heavy atom. The van der Waals surface area contributed by atoms with E-state index in [1.165, 1.54) is 18.0 Å². The molecule has 0 fully saturated rings. The van der Waals surface area contributed by atoms with Crippen LogP contribution in [0.4, 0.5) is 0 Å². The summed E-state index contributed by atoms with van der Waals surface area (Å²) in [5, 5.41) is 0.109. The van der Waals surface area contributed by atoms with Crippen molar-refractivity contribution in [3.05, 3.63) is 21.8 Å². The first-order valence-electron chi connectivity index (χ1n) is 4.35. The molecule has 0 unspecified atom stereocenters. The molecule has 1 aromatic rings. The van der Waals surface area contributed by atoms with E-state index in [9.17, 15) is 4.79 Å². The van der Waals surface area contributed by atoms with Crippen molar-refractivity contribution in [2.45, 2.75) is 20.4 Å². The molecule has 14 heavy (non-hydrogen) atoms. The van der Waals surface area contributed by atoms with Crippen LogP contribution < -0.4 is 10.3 Å². The lowest BCUT2D eigenvalue weighted by Crippen LogP contribution is -2.24. The van der Waals surface area contributed by atoms with Gasteiger partial charge in [-0.25, -0.2) is 4.98 Å². The monoisotopic (exact) mass is 216 g/mol. The second-order valence-corrected chi connectivity index (χ2v) is 3.78. The van der Waals surface area contributed by atoms with Crippen molar-refractivity contribution in [1.82, 2.24) is 9.55 Å². The third-order valence-corrected chi connectivity index (χ3v) is 1.99. The van der Waals surface area contributed by atoms with Crippen LogP contribution in [0, 0.1) is 5.92 Å². The SMILES string of the molecule is COc1c(Cl)ncn(CC(C)C)c1=O. The van der Waals surface area contributed by atoms with Gasteiger partial charge in [0.15, 0.2) is 5.15 Å². The van der Waals surface area contributed by atoms with E-state index in [-0.39, 0.29) is 16.5 Å². The molecule has 0 aliphatic carbocycles. The van der Waals surface area contributed by atoms with Gasteiger partial charge in [0.25, 0.3) is 5.56 Å². The molecule has 0 aliphatic heterocycles. The van der Waals surface area contributed by atoms with E-state index < -0.39 is 0 Å². The molecule has 4 nitrogen and oxygen atoms in total. The lowest BCUT2D eigenvalue weighted by atomic mass is 10.2. The molecule has 0 aromatic carbocycles. The Labute approximate surface area is 87.5 Å². The fraction of sp³-hybridized carbons (Fsp3) is 0.556. The van der Waals surface area contributed by atoms with Crippen molar-refractivity contribution < 1.29 is 4.74 Å². The standard InChI is InChI=1S/C9H13ClN2O2/c1-6(2)4-12-5-11-8(10)7(14-3)9(12)13/h5-6H,4H2,1-3H3. The Balaban J connectivity index is 3.15. The van der Waals surface area contributed by atoms with Crippen molar-refractivity contribution >= 4 is 11.6 Å². The van der Waals surface area contributed by atoms with Crippen LogP contribution in [0.1, 0.15) is 13.8 Å². The van der Waals surface area contributed by atoms with Gasteiger partial charge in [-0.2, -0.15) is 0 Å². The van der Waals surface area contributed by atoms with Gasteiger partial charge in [-0.05, 0) is 5.92 Å². The molecular weight excluding hydrogens is 204 g/mol. The predicted octanol–water partition coefficient (Wildman–Crippen LogP) is 1.56. The zero-order valence-corrected chi connectivity index (χ0v) is 9.21. The summed E-state index contributed by atoms with van der Waals surface area (Å²) in [5.74, 6) is 0.482. The minimum atomic E-state index is -0.235. The van der Waals surface area contributed by atoms with Gasteiger partial charge in [0.1, 0.15) is 0 Å². The Hall–Kier alpha value is -1.03. The van der Waals surface area contributed by atoms with E-state index in [4.69, 9.17) is 16.3 Å². The van der Waals surface area contributed by atoms with Crippen molar-refractivity contribution in [2.24, 2.45) is 5.92 Å². The van der Waals surface area contributed by atoms with E-state index in [0.717, 1.165) is 0 Å². The smallest absolute Gasteiger partial charge is 0.297 e. The van der Waals surface area contributed by atoms with Crippen molar-refractivity contribution in [2.75, 3.05) is 7.11 Å². The van der Waals surface area contributed by atoms with Gasteiger partial charge in [-0.15, -0.1) is 0 Å². The fourth-order valence-electron chi connectivity index (χ4n) is 1.15.